The van der Waals surface area contributed by atoms with Crippen LogP contribution in [0.2, 0.25) is 0 Å². The van der Waals surface area contributed by atoms with Gasteiger partial charge in [-0.2, -0.15) is 0 Å². The molecule has 2 amide bonds. The van der Waals surface area contributed by atoms with Gasteiger partial charge >= 0.3 is 0 Å². The number of allylic oxidation sites excluding steroid dienone is 2. The van der Waals surface area contributed by atoms with E-state index in [9.17, 15) is 14.7 Å². The van der Waals surface area contributed by atoms with Crippen LogP contribution in [0, 0.1) is 0 Å². The third-order valence-electron chi connectivity index (χ3n) is 5.52. The second-order valence-electron chi connectivity index (χ2n) is 8.40. The van der Waals surface area contributed by atoms with Crippen LogP contribution in [0.25, 0.3) is 0 Å². The molecule has 31 heavy (non-hydrogen) atoms. The largest absolute Gasteiger partial charge is 0.396 e. The van der Waals surface area contributed by atoms with Crippen molar-refractivity contribution in [1.29, 1.82) is 0 Å². The summed E-state index contributed by atoms with van der Waals surface area (Å²) in [5, 5.41) is 15.3. The molecule has 0 radical (unpaired) electrons. The number of unbranched alkanes of at least 4 members (excludes halogenated alkanes) is 6. The Labute approximate surface area is 190 Å². The molecule has 180 valence electrons. The van der Waals surface area contributed by atoms with Crippen molar-refractivity contribution < 1.29 is 14.7 Å². The number of aliphatic hydroxyl groups is 1. The molecule has 0 aromatic heterocycles. The van der Waals surface area contributed by atoms with E-state index < -0.39 is 0 Å². The maximum absolute atomic E-state index is 12.1. The Morgan fingerprint density at radius 3 is 1.65 bits per heavy atom. The number of carbonyl (C=O) groups excluding carboxylic acids is 2. The number of rotatable bonds is 21. The van der Waals surface area contributed by atoms with E-state index >= 15 is 0 Å². The van der Waals surface area contributed by atoms with E-state index in [0.29, 0.717) is 32.4 Å². The quantitative estimate of drug-likeness (QED) is 0.188. The number of nitrogens with zero attached hydrogens (tertiary/aromatic N) is 1. The SMILES string of the molecule is C=CCCCCCC(=O)NCC(C)N(CCCO)C(C)CNC(=O)CCCCCC=C. The maximum atomic E-state index is 12.1. The maximum Gasteiger partial charge on any atom is 0.220 e. The van der Waals surface area contributed by atoms with Crippen LogP contribution >= 0.6 is 0 Å². The molecule has 0 aliphatic heterocycles. The summed E-state index contributed by atoms with van der Waals surface area (Å²) in [5.41, 5.74) is 0. The van der Waals surface area contributed by atoms with Gasteiger partial charge in [0.15, 0.2) is 0 Å². The Balaban J connectivity index is 4.31. The molecule has 0 saturated heterocycles. The van der Waals surface area contributed by atoms with Gasteiger partial charge in [-0.25, -0.2) is 0 Å². The lowest BCUT2D eigenvalue weighted by Gasteiger charge is -2.34. The van der Waals surface area contributed by atoms with Crippen molar-refractivity contribution in [1.82, 2.24) is 15.5 Å². The highest BCUT2D eigenvalue weighted by molar-refractivity contribution is 5.76. The molecule has 3 N–H and O–H groups in total. The molecule has 0 heterocycles. The molecule has 0 fully saturated rings. The first-order valence-electron chi connectivity index (χ1n) is 12.1. The molecule has 0 aromatic rings. The Kier molecular flexibility index (Phi) is 19.2. The molecule has 0 aliphatic carbocycles. The van der Waals surface area contributed by atoms with Crippen LogP contribution < -0.4 is 10.6 Å². The number of carbonyl (C=O) groups is 2. The molecule has 2 unspecified atom stereocenters. The predicted molar refractivity (Wildman–Crippen MR) is 130 cm³/mol. The predicted octanol–water partition coefficient (Wildman–Crippen LogP) is 3.95. The van der Waals surface area contributed by atoms with Crippen molar-refractivity contribution >= 4 is 11.8 Å². The van der Waals surface area contributed by atoms with Crippen LogP contribution in [0.1, 0.15) is 84.5 Å². The van der Waals surface area contributed by atoms with Crippen LogP contribution in [0.15, 0.2) is 25.3 Å². The van der Waals surface area contributed by atoms with Gasteiger partial charge in [0.25, 0.3) is 0 Å². The van der Waals surface area contributed by atoms with Crippen molar-refractivity contribution in [2.24, 2.45) is 0 Å². The second kappa shape index (κ2) is 20.3. The van der Waals surface area contributed by atoms with Crippen molar-refractivity contribution in [3.63, 3.8) is 0 Å². The number of hydrogen-bond donors (Lipinski definition) is 3. The van der Waals surface area contributed by atoms with Gasteiger partial charge in [0.1, 0.15) is 0 Å². The fourth-order valence-electron chi connectivity index (χ4n) is 3.56. The van der Waals surface area contributed by atoms with Crippen LogP contribution in [0.3, 0.4) is 0 Å². The average molecular weight is 438 g/mol. The Hall–Kier alpha value is -1.66. The first-order valence-corrected chi connectivity index (χ1v) is 12.1. The van der Waals surface area contributed by atoms with Gasteiger partial charge < -0.3 is 15.7 Å². The summed E-state index contributed by atoms with van der Waals surface area (Å²) < 4.78 is 0. The summed E-state index contributed by atoms with van der Waals surface area (Å²) in [5.74, 6) is 0.176. The second-order valence-corrected chi connectivity index (χ2v) is 8.40. The fraction of sp³-hybridized carbons (Fsp3) is 0.760. The summed E-state index contributed by atoms with van der Waals surface area (Å²) in [6, 6.07) is 0.254. The van der Waals surface area contributed by atoms with Crippen molar-refractivity contribution in [3.8, 4) is 0 Å². The summed E-state index contributed by atoms with van der Waals surface area (Å²) in [6.45, 7) is 13.6. The minimum Gasteiger partial charge on any atom is -0.396 e. The van der Waals surface area contributed by atoms with E-state index in [2.05, 4.69) is 42.5 Å². The lowest BCUT2D eigenvalue weighted by atomic mass is 10.1. The molecule has 6 heteroatoms. The van der Waals surface area contributed by atoms with Crippen LogP contribution in [-0.2, 0) is 9.59 Å². The van der Waals surface area contributed by atoms with Gasteiger partial charge in [0, 0.05) is 51.2 Å². The summed E-state index contributed by atoms with van der Waals surface area (Å²) in [6.07, 6.45) is 13.7. The van der Waals surface area contributed by atoms with Crippen molar-refractivity contribution in [3.05, 3.63) is 25.3 Å². The third kappa shape index (κ3) is 16.7. The van der Waals surface area contributed by atoms with Gasteiger partial charge in [0.2, 0.25) is 11.8 Å². The Bertz CT molecular complexity index is 456. The zero-order valence-corrected chi connectivity index (χ0v) is 20.0. The Morgan fingerprint density at radius 1 is 0.806 bits per heavy atom. The highest BCUT2D eigenvalue weighted by atomic mass is 16.3. The summed E-state index contributed by atoms with van der Waals surface area (Å²) in [4.78, 5) is 26.5. The van der Waals surface area contributed by atoms with Crippen molar-refractivity contribution in [2.45, 2.75) is 96.6 Å². The van der Waals surface area contributed by atoms with E-state index in [1.54, 1.807) is 0 Å². The Morgan fingerprint density at radius 2 is 1.26 bits per heavy atom. The molecule has 0 saturated carbocycles. The molecule has 6 nitrogen and oxygen atoms in total. The first kappa shape index (κ1) is 29.3. The fourth-order valence-corrected chi connectivity index (χ4v) is 3.56. The monoisotopic (exact) mass is 437 g/mol. The van der Waals surface area contributed by atoms with Crippen molar-refractivity contribution in [2.75, 3.05) is 26.2 Å². The van der Waals surface area contributed by atoms with E-state index in [4.69, 9.17) is 0 Å². The molecule has 0 rings (SSSR count). The zero-order valence-electron chi connectivity index (χ0n) is 20.0. The van der Waals surface area contributed by atoms with Crippen LogP contribution in [0.4, 0.5) is 0 Å². The van der Waals surface area contributed by atoms with Crippen LogP contribution in [0.5, 0.6) is 0 Å². The molecule has 0 spiro atoms. The molecular formula is C25H47N3O3. The van der Waals surface area contributed by atoms with E-state index in [-0.39, 0.29) is 30.5 Å². The molecule has 0 aromatic carbocycles. The summed E-state index contributed by atoms with van der Waals surface area (Å²) >= 11 is 0. The highest BCUT2D eigenvalue weighted by Gasteiger charge is 2.20. The number of nitrogens with one attached hydrogen (secondary N) is 2. The molecule has 0 aliphatic rings. The highest BCUT2D eigenvalue weighted by Crippen LogP contribution is 2.08. The minimum absolute atomic E-state index is 0.0879. The van der Waals surface area contributed by atoms with Crippen LogP contribution in [-0.4, -0.2) is 60.1 Å². The van der Waals surface area contributed by atoms with Gasteiger partial charge in [-0.1, -0.05) is 25.0 Å². The normalized spacial score (nSPS) is 12.9. The standard InChI is InChI=1S/C25H47N3O3/c1-5-7-9-11-13-16-24(30)26-20-22(3)28(18-15-19-29)23(4)21-27-25(31)17-14-12-10-8-6-2/h5-6,22-23,29H,1-2,7-21H2,3-4H3,(H,26,30)(H,27,31). The van der Waals surface area contributed by atoms with Gasteiger partial charge in [-0.05, 0) is 58.8 Å². The number of amides is 2. The van der Waals surface area contributed by atoms with E-state index in [1.165, 1.54) is 0 Å². The number of hydrogen-bond acceptors (Lipinski definition) is 4. The molecule has 2 atom stereocenters. The van der Waals surface area contributed by atoms with E-state index in [1.807, 2.05) is 12.2 Å². The van der Waals surface area contributed by atoms with Gasteiger partial charge in [0.05, 0.1) is 0 Å². The lowest BCUT2D eigenvalue weighted by molar-refractivity contribution is -0.121. The lowest BCUT2D eigenvalue weighted by Crippen LogP contribution is -2.50. The zero-order chi connectivity index (χ0) is 23.3. The third-order valence-corrected chi connectivity index (χ3v) is 5.52. The topological polar surface area (TPSA) is 81.7 Å². The minimum atomic E-state index is 0.0879. The van der Waals surface area contributed by atoms with Gasteiger partial charge in [-0.3, -0.25) is 14.5 Å². The average Bonchev–Trinajstić information content (AvgIpc) is 2.76. The van der Waals surface area contributed by atoms with E-state index in [0.717, 1.165) is 57.9 Å². The number of aliphatic hydroxyl groups excluding tert-OH is 1. The first-order chi connectivity index (χ1) is 15.0. The van der Waals surface area contributed by atoms with Gasteiger partial charge in [-0.15, -0.1) is 13.2 Å². The molecule has 0 bridgehead atoms. The molecular weight excluding hydrogens is 390 g/mol. The smallest absolute Gasteiger partial charge is 0.220 e. The summed E-state index contributed by atoms with van der Waals surface area (Å²) in [7, 11) is 0.